The number of hydrogen-bond donors (Lipinski definition) is 1. The first-order chi connectivity index (χ1) is 8.31. The van der Waals surface area contributed by atoms with Gasteiger partial charge in [0.25, 0.3) is 0 Å². The average Bonchev–Trinajstić information content (AvgIpc) is 2.38. The summed E-state index contributed by atoms with van der Waals surface area (Å²) in [6.45, 7) is 0.397. The molecule has 2 aromatic rings. The number of thioether (sulfide) groups is 1. The van der Waals surface area contributed by atoms with Crippen LogP contribution in [-0.2, 0) is 0 Å². The summed E-state index contributed by atoms with van der Waals surface area (Å²) in [5, 5.41) is -0.0707. The second kappa shape index (κ2) is 5.80. The zero-order chi connectivity index (χ0) is 12.1. The third-order valence-electron chi connectivity index (χ3n) is 2.39. The van der Waals surface area contributed by atoms with E-state index in [4.69, 9.17) is 5.73 Å². The number of pyridine rings is 1. The summed E-state index contributed by atoms with van der Waals surface area (Å²) in [5.74, 6) is -0.204. The Morgan fingerprint density at radius 1 is 1.18 bits per heavy atom. The van der Waals surface area contributed by atoms with Crippen LogP contribution in [0.5, 0.6) is 0 Å². The first-order valence-corrected chi connectivity index (χ1v) is 6.20. The minimum Gasteiger partial charge on any atom is -0.329 e. The highest BCUT2D eigenvalue weighted by Gasteiger charge is 2.14. The average molecular weight is 248 g/mol. The van der Waals surface area contributed by atoms with Crippen LogP contribution < -0.4 is 5.73 Å². The summed E-state index contributed by atoms with van der Waals surface area (Å²) in [6, 6.07) is 10.5. The van der Waals surface area contributed by atoms with E-state index < -0.39 is 0 Å². The van der Waals surface area contributed by atoms with Crippen molar-refractivity contribution in [3.8, 4) is 0 Å². The van der Waals surface area contributed by atoms with E-state index in [-0.39, 0.29) is 11.1 Å². The molecule has 0 bridgehead atoms. The molecule has 0 aliphatic heterocycles. The molecular formula is C13H13FN2S. The summed E-state index contributed by atoms with van der Waals surface area (Å²) in [7, 11) is 0. The largest absolute Gasteiger partial charge is 0.329 e. The third kappa shape index (κ3) is 3.05. The molecule has 1 unspecified atom stereocenters. The maximum absolute atomic E-state index is 13.6. The van der Waals surface area contributed by atoms with Crippen molar-refractivity contribution in [1.82, 2.24) is 4.98 Å². The van der Waals surface area contributed by atoms with Crippen molar-refractivity contribution in [2.75, 3.05) is 6.54 Å². The molecule has 0 saturated heterocycles. The quantitative estimate of drug-likeness (QED) is 0.845. The van der Waals surface area contributed by atoms with Crippen LogP contribution in [0.2, 0.25) is 0 Å². The standard InChI is InChI=1S/C13H13FN2S/c14-12-4-2-1-3-11(12)13(9-15)17-10-5-7-16-8-6-10/h1-8,13H,9,15H2. The number of nitrogens with two attached hydrogens (primary N) is 1. The van der Waals surface area contributed by atoms with Gasteiger partial charge < -0.3 is 5.73 Å². The van der Waals surface area contributed by atoms with Gasteiger partial charge in [-0.3, -0.25) is 4.98 Å². The van der Waals surface area contributed by atoms with Crippen LogP contribution in [0, 0.1) is 5.82 Å². The Balaban J connectivity index is 2.21. The molecule has 2 nitrogen and oxygen atoms in total. The van der Waals surface area contributed by atoms with Gasteiger partial charge >= 0.3 is 0 Å². The Kier molecular flexibility index (Phi) is 4.12. The first-order valence-electron chi connectivity index (χ1n) is 5.32. The second-order valence-electron chi connectivity index (χ2n) is 3.55. The van der Waals surface area contributed by atoms with E-state index in [2.05, 4.69) is 4.98 Å². The number of aromatic nitrogens is 1. The van der Waals surface area contributed by atoms with Crippen molar-refractivity contribution in [1.29, 1.82) is 0 Å². The molecule has 0 aliphatic carbocycles. The van der Waals surface area contributed by atoms with Gasteiger partial charge in [-0.1, -0.05) is 18.2 Å². The van der Waals surface area contributed by atoms with Gasteiger partial charge in [0.15, 0.2) is 0 Å². The summed E-state index contributed by atoms with van der Waals surface area (Å²) in [5.41, 5.74) is 6.37. The Hall–Kier alpha value is -1.39. The minimum absolute atomic E-state index is 0.0707. The predicted octanol–water partition coefficient (Wildman–Crippen LogP) is 3.01. The minimum atomic E-state index is -0.204. The van der Waals surface area contributed by atoms with Gasteiger partial charge in [-0.15, -0.1) is 11.8 Å². The molecule has 0 spiro atoms. The molecule has 0 radical (unpaired) electrons. The monoisotopic (exact) mass is 248 g/mol. The summed E-state index contributed by atoms with van der Waals surface area (Å²) in [6.07, 6.45) is 3.44. The van der Waals surface area contributed by atoms with E-state index in [1.54, 1.807) is 36.3 Å². The van der Waals surface area contributed by atoms with Crippen LogP contribution in [0.25, 0.3) is 0 Å². The molecule has 0 fully saturated rings. The Morgan fingerprint density at radius 3 is 2.53 bits per heavy atom. The van der Waals surface area contributed by atoms with Crippen LogP contribution in [0.4, 0.5) is 4.39 Å². The number of benzene rings is 1. The van der Waals surface area contributed by atoms with Crippen LogP contribution in [-0.4, -0.2) is 11.5 Å². The zero-order valence-electron chi connectivity index (χ0n) is 9.21. The van der Waals surface area contributed by atoms with Crippen LogP contribution in [0.3, 0.4) is 0 Å². The lowest BCUT2D eigenvalue weighted by Crippen LogP contribution is -2.10. The van der Waals surface area contributed by atoms with Gasteiger partial charge in [-0.25, -0.2) is 4.39 Å². The number of hydrogen-bond acceptors (Lipinski definition) is 3. The van der Waals surface area contributed by atoms with Crippen molar-refractivity contribution < 1.29 is 4.39 Å². The van der Waals surface area contributed by atoms with Crippen molar-refractivity contribution in [2.45, 2.75) is 10.1 Å². The number of halogens is 1. The van der Waals surface area contributed by atoms with E-state index in [0.29, 0.717) is 12.1 Å². The van der Waals surface area contributed by atoms with Gasteiger partial charge in [0.05, 0.1) is 0 Å². The van der Waals surface area contributed by atoms with Gasteiger partial charge in [-0.05, 0) is 18.2 Å². The zero-order valence-corrected chi connectivity index (χ0v) is 10.0. The highest BCUT2D eigenvalue weighted by atomic mass is 32.2. The van der Waals surface area contributed by atoms with Gasteiger partial charge in [0.1, 0.15) is 5.82 Å². The van der Waals surface area contributed by atoms with Crippen LogP contribution in [0.1, 0.15) is 10.8 Å². The molecule has 1 aromatic heterocycles. The molecule has 2 rings (SSSR count). The maximum atomic E-state index is 13.6. The number of rotatable bonds is 4. The van der Waals surface area contributed by atoms with Gasteiger partial charge in [0.2, 0.25) is 0 Å². The highest BCUT2D eigenvalue weighted by Crippen LogP contribution is 2.34. The fourth-order valence-corrected chi connectivity index (χ4v) is 2.58. The van der Waals surface area contributed by atoms with Gasteiger partial charge in [-0.2, -0.15) is 0 Å². The lowest BCUT2D eigenvalue weighted by atomic mass is 10.1. The lowest BCUT2D eigenvalue weighted by Gasteiger charge is -2.15. The van der Waals surface area contributed by atoms with Crippen LogP contribution >= 0.6 is 11.8 Å². The summed E-state index contributed by atoms with van der Waals surface area (Å²) >= 11 is 1.55. The fraction of sp³-hybridized carbons (Fsp3) is 0.154. The van der Waals surface area contributed by atoms with E-state index in [0.717, 1.165) is 4.90 Å². The van der Waals surface area contributed by atoms with Crippen molar-refractivity contribution >= 4 is 11.8 Å². The van der Waals surface area contributed by atoms with E-state index in [1.807, 2.05) is 18.2 Å². The van der Waals surface area contributed by atoms with Crippen LogP contribution in [0.15, 0.2) is 53.7 Å². The summed E-state index contributed by atoms with van der Waals surface area (Å²) in [4.78, 5) is 4.99. The first kappa shape index (κ1) is 12.1. The number of nitrogens with zero attached hydrogens (tertiary/aromatic N) is 1. The Morgan fingerprint density at radius 2 is 1.88 bits per heavy atom. The summed E-state index contributed by atoms with van der Waals surface area (Å²) < 4.78 is 13.6. The molecule has 0 saturated carbocycles. The second-order valence-corrected chi connectivity index (χ2v) is 4.82. The molecule has 1 heterocycles. The molecule has 88 valence electrons. The Bertz CT molecular complexity index is 476. The molecule has 0 amide bonds. The van der Waals surface area contributed by atoms with E-state index in [1.165, 1.54) is 6.07 Å². The lowest BCUT2D eigenvalue weighted by molar-refractivity contribution is 0.608. The molecule has 4 heteroatoms. The van der Waals surface area contributed by atoms with E-state index >= 15 is 0 Å². The topological polar surface area (TPSA) is 38.9 Å². The molecular weight excluding hydrogens is 235 g/mol. The van der Waals surface area contributed by atoms with Crippen molar-refractivity contribution in [2.24, 2.45) is 5.73 Å². The smallest absolute Gasteiger partial charge is 0.127 e. The Labute approximate surface area is 104 Å². The normalized spacial score (nSPS) is 12.4. The molecule has 1 atom stereocenters. The third-order valence-corrected chi connectivity index (χ3v) is 3.67. The van der Waals surface area contributed by atoms with E-state index in [9.17, 15) is 4.39 Å². The van der Waals surface area contributed by atoms with Gasteiger partial charge in [0, 0.05) is 34.6 Å². The maximum Gasteiger partial charge on any atom is 0.127 e. The van der Waals surface area contributed by atoms with Crippen molar-refractivity contribution in [3.63, 3.8) is 0 Å². The highest BCUT2D eigenvalue weighted by molar-refractivity contribution is 7.99. The molecule has 0 aliphatic rings. The van der Waals surface area contributed by atoms with Crippen molar-refractivity contribution in [3.05, 3.63) is 60.2 Å². The molecule has 2 N–H and O–H groups in total. The molecule has 17 heavy (non-hydrogen) atoms. The predicted molar refractivity (Wildman–Crippen MR) is 68.3 cm³/mol. The molecule has 1 aromatic carbocycles. The SMILES string of the molecule is NCC(Sc1ccncc1)c1ccccc1F. The fourth-order valence-electron chi connectivity index (χ4n) is 1.56.